The minimum atomic E-state index is -0.0268. The minimum Gasteiger partial charge on any atom is -0.468 e. The summed E-state index contributed by atoms with van der Waals surface area (Å²) in [5.74, 6) is 0.877. The number of fused-ring (bicyclic) bond motifs is 1. The van der Waals surface area contributed by atoms with Crippen LogP contribution in [0.15, 0.2) is 46.2 Å². The Bertz CT molecular complexity index is 703. The van der Waals surface area contributed by atoms with Gasteiger partial charge in [0.15, 0.2) is 5.16 Å². The lowest BCUT2D eigenvalue weighted by Gasteiger charge is -2.16. The van der Waals surface area contributed by atoms with Gasteiger partial charge in [0.2, 0.25) is 0 Å². The van der Waals surface area contributed by atoms with Gasteiger partial charge in [-0.15, -0.1) is 0 Å². The Labute approximate surface area is 121 Å². The Balaban J connectivity index is 1.90. The number of H-pyrrole nitrogens is 1. The molecule has 0 saturated heterocycles. The molecule has 0 amide bonds. The van der Waals surface area contributed by atoms with Crippen molar-refractivity contribution in [1.29, 1.82) is 0 Å². The molecule has 0 aliphatic rings. The molecule has 0 fully saturated rings. The van der Waals surface area contributed by atoms with Crippen LogP contribution in [0.1, 0.15) is 23.5 Å². The van der Waals surface area contributed by atoms with Crippen LogP contribution in [-0.4, -0.2) is 16.0 Å². The van der Waals surface area contributed by atoms with Crippen LogP contribution >= 0.6 is 11.8 Å². The normalized spacial score (nSPS) is 14.6. The van der Waals surface area contributed by atoms with E-state index in [1.807, 2.05) is 25.1 Å². The molecule has 0 aliphatic carbocycles. The van der Waals surface area contributed by atoms with Gasteiger partial charge in [0, 0.05) is 6.04 Å². The fourth-order valence-corrected chi connectivity index (χ4v) is 3.18. The maximum Gasteiger partial charge on any atom is 0.167 e. The number of thioether (sulfide) groups is 1. The van der Waals surface area contributed by atoms with Gasteiger partial charge in [-0.2, -0.15) is 0 Å². The third-order valence-corrected chi connectivity index (χ3v) is 4.49. The van der Waals surface area contributed by atoms with E-state index in [1.54, 1.807) is 18.0 Å². The molecule has 2 atom stereocenters. The molecule has 4 nitrogen and oxygen atoms in total. The van der Waals surface area contributed by atoms with Crippen LogP contribution < -0.4 is 5.73 Å². The van der Waals surface area contributed by atoms with Gasteiger partial charge in [0.05, 0.1) is 22.5 Å². The topological polar surface area (TPSA) is 67.8 Å². The molecule has 5 heteroatoms. The fraction of sp³-hybridized carbons (Fsp3) is 0.267. The van der Waals surface area contributed by atoms with Gasteiger partial charge >= 0.3 is 0 Å². The van der Waals surface area contributed by atoms with E-state index < -0.39 is 0 Å². The van der Waals surface area contributed by atoms with Crippen molar-refractivity contribution in [1.82, 2.24) is 9.97 Å². The van der Waals surface area contributed by atoms with E-state index in [1.165, 1.54) is 5.56 Å². The summed E-state index contributed by atoms with van der Waals surface area (Å²) in [6.07, 6.45) is 1.67. The monoisotopic (exact) mass is 287 g/mol. The number of hydrogen-bond donors (Lipinski definition) is 2. The minimum absolute atomic E-state index is 0.0268. The number of aromatic nitrogens is 2. The summed E-state index contributed by atoms with van der Waals surface area (Å²) < 4.78 is 5.48. The van der Waals surface area contributed by atoms with Crippen molar-refractivity contribution in [2.24, 2.45) is 5.73 Å². The number of nitrogens with zero attached hydrogens (tertiary/aromatic N) is 1. The highest BCUT2D eigenvalue weighted by molar-refractivity contribution is 7.99. The number of nitrogens with one attached hydrogen (secondary N) is 1. The highest BCUT2D eigenvalue weighted by Crippen LogP contribution is 2.36. The van der Waals surface area contributed by atoms with E-state index in [4.69, 9.17) is 10.2 Å². The molecular formula is C15H17N3OS. The zero-order valence-corrected chi connectivity index (χ0v) is 12.3. The van der Waals surface area contributed by atoms with Crippen LogP contribution in [0.4, 0.5) is 0 Å². The first-order valence-corrected chi connectivity index (χ1v) is 7.43. The number of hydrogen-bond acceptors (Lipinski definition) is 4. The van der Waals surface area contributed by atoms with Crippen molar-refractivity contribution in [3.8, 4) is 0 Å². The predicted octanol–water partition coefficient (Wildman–Crippen LogP) is 3.64. The zero-order valence-electron chi connectivity index (χ0n) is 11.5. The van der Waals surface area contributed by atoms with Crippen molar-refractivity contribution >= 4 is 22.8 Å². The quantitative estimate of drug-likeness (QED) is 0.719. The summed E-state index contributed by atoms with van der Waals surface area (Å²) in [5, 5.41) is 0.913. The molecule has 2 aromatic heterocycles. The predicted molar refractivity (Wildman–Crippen MR) is 81.8 cm³/mol. The van der Waals surface area contributed by atoms with Crippen molar-refractivity contribution < 1.29 is 4.42 Å². The first-order chi connectivity index (χ1) is 9.63. The number of aryl methyl sites for hydroxylation is 1. The Morgan fingerprint density at radius 1 is 1.35 bits per heavy atom. The van der Waals surface area contributed by atoms with Crippen LogP contribution in [0, 0.1) is 6.92 Å². The molecule has 2 heterocycles. The maximum absolute atomic E-state index is 6.07. The summed E-state index contributed by atoms with van der Waals surface area (Å²) in [6.45, 7) is 4.05. The van der Waals surface area contributed by atoms with Crippen LogP contribution in [0.3, 0.4) is 0 Å². The third-order valence-electron chi connectivity index (χ3n) is 3.16. The average molecular weight is 287 g/mol. The number of aromatic amines is 1. The Morgan fingerprint density at radius 3 is 2.90 bits per heavy atom. The molecule has 1 aromatic carbocycles. The summed E-state index contributed by atoms with van der Waals surface area (Å²) in [4.78, 5) is 7.93. The number of furan rings is 1. The lowest BCUT2D eigenvalue weighted by atomic mass is 10.2. The van der Waals surface area contributed by atoms with E-state index in [9.17, 15) is 0 Å². The second kappa shape index (κ2) is 5.34. The standard InChI is InChI=1S/C15H17N3OS/c1-9-5-6-11-12(8-9)18-15(17-11)20-14(10(2)16)13-4-3-7-19-13/h3-8,10,14H,16H2,1-2H3,(H,17,18). The highest BCUT2D eigenvalue weighted by atomic mass is 32.2. The first-order valence-electron chi connectivity index (χ1n) is 6.55. The van der Waals surface area contributed by atoms with Crippen molar-refractivity contribution in [3.63, 3.8) is 0 Å². The van der Waals surface area contributed by atoms with Gasteiger partial charge in [0.1, 0.15) is 5.76 Å². The fourth-order valence-electron chi connectivity index (χ4n) is 2.15. The molecule has 2 unspecified atom stereocenters. The van der Waals surface area contributed by atoms with Gasteiger partial charge < -0.3 is 15.1 Å². The van der Waals surface area contributed by atoms with Crippen molar-refractivity contribution in [2.75, 3.05) is 0 Å². The number of imidazole rings is 1. The molecule has 0 spiro atoms. The average Bonchev–Trinajstić information content (AvgIpc) is 3.03. The maximum atomic E-state index is 6.07. The van der Waals surface area contributed by atoms with Gasteiger partial charge in [-0.25, -0.2) is 4.98 Å². The second-order valence-corrected chi connectivity index (χ2v) is 6.11. The highest BCUT2D eigenvalue weighted by Gasteiger charge is 2.22. The molecule has 3 rings (SSSR count). The lowest BCUT2D eigenvalue weighted by Crippen LogP contribution is -2.22. The van der Waals surface area contributed by atoms with Crippen molar-refractivity contribution in [2.45, 2.75) is 30.3 Å². The first kappa shape index (κ1) is 13.3. The summed E-state index contributed by atoms with van der Waals surface area (Å²) in [5.41, 5.74) is 9.31. The second-order valence-electron chi connectivity index (χ2n) is 4.98. The van der Waals surface area contributed by atoms with E-state index in [-0.39, 0.29) is 11.3 Å². The van der Waals surface area contributed by atoms with Gasteiger partial charge in [-0.3, -0.25) is 0 Å². The smallest absolute Gasteiger partial charge is 0.167 e. The Hall–Kier alpha value is -1.72. The van der Waals surface area contributed by atoms with Crippen molar-refractivity contribution in [3.05, 3.63) is 47.9 Å². The number of rotatable bonds is 4. The molecule has 0 saturated carbocycles. The van der Waals surface area contributed by atoms with E-state index >= 15 is 0 Å². The summed E-state index contributed by atoms with van der Waals surface area (Å²) in [7, 11) is 0. The molecule has 3 N–H and O–H groups in total. The Kier molecular flexibility index (Phi) is 3.54. The van der Waals surface area contributed by atoms with Crippen LogP contribution in [0.5, 0.6) is 0 Å². The van der Waals surface area contributed by atoms with Gasteiger partial charge in [-0.1, -0.05) is 17.8 Å². The lowest BCUT2D eigenvalue weighted by molar-refractivity contribution is 0.486. The summed E-state index contributed by atoms with van der Waals surface area (Å²) in [6, 6.07) is 9.99. The number of benzene rings is 1. The van der Waals surface area contributed by atoms with Gasteiger partial charge in [-0.05, 0) is 43.7 Å². The molecular weight excluding hydrogens is 270 g/mol. The third kappa shape index (κ3) is 2.59. The molecule has 3 aromatic rings. The largest absolute Gasteiger partial charge is 0.468 e. The SMILES string of the molecule is Cc1ccc2nc(SC(c3ccco3)C(C)N)[nH]c2c1. The summed E-state index contributed by atoms with van der Waals surface area (Å²) >= 11 is 1.60. The zero-order chi connectivity index (χ0) is 14.1. The van der Waals surface area contributed by atoms with Crippen LogP contribution in [0.2, 0.25) is 0 Å². The molecule has 20 heavy (non-hydrogen) atoms. The molecule has 0 radical (unpaired) electrons. The van der Waals surface area contributed by atoms with Crippen LogP contribution in [0.25, 0.3) is 11.0 Å². The van der Waals surface area contributed by atoms with E-state index in [2.05, 4.69) is 29.0 Å². The Morgan fingerprint density at radius 2 is 2.20 bits per heavy atom. The molecule has 0 aliphatic heterocycles. The van der Waals surface area contributed by atoms with Gasteiger partial charge in [0.25, 0.3) is 0 Å². The number of nitrogens with two attached hydrogens (primary N) is 1. The van der Waals surface area contributed by atoms with E-state index in [0.29, 0.717) is 0 Å². The molecule has 104 valence electrons. The van der Waals surface area contributed by atoms with Crippen LogP contribution in [-0.2, 0) is 0 Å². The van der Waals surface area contributed by atoms with E-state index in [0.717, 1.165) is 22.0 Å². The molecule has 0 bridgehead atoms.